The first kappa shape index (κ1) is 27.2. The summed E-state index contributed by atoms with van der Waals surface area (Å²) in [6.45, 7) is 7.25. The average molecular weight is 520 g/mol. The zero-order valence-corrected chi connectivity index (χ0v) is 22.0. The maximum Gasteiger partial charge on any atom is 0.243 e. The Balaban J connectivity index is 1.95. The van der Waals surface area contributed by atoms with E-state index in [4.69, 9.17) is 0 Å². The maximum absolute atomic E-state index is 13.5. The molecule has 0 saturated carbocycles. The maximum atomic E-state index is 13.5. The van der Waals surface area contributed by atoms with Gasteiger partial charge >= 0.3 is 0 Å². The van der Waals surface area contributed by atoms with Gasteiger partial charge in [0.25, 0.3) is 0 Å². The minimum absolute atomic E-state index is 0.0256. The van der Waals surface area contributed by atoms with Crippen LogP contribution in [0, 0.1) is 18.8 Å². The largest absolute Gasteiger partial charge is 0.243 e. The van der Waals surface area contributed by atoms with Crippen LogP contribution in [0.1, 0.15) is 24.5 Å². The molecule has 0 unspecified atom stereocenters. The Bertz CT molecular complexity index is 1500. The molecule has 0 heterocycles. The minimum Gasteiger partial charge on any atom is -0.219 e. The SMILES string of the molecule is C=C(C)/C=C(\CCN(CC#Cc1ccccc1)S(=O)(=O)c1ccc(C)cc1)S(=O)(=O)c1ccccc1. The van der Waals surface area contributed by atoms with Gasteiger partial charge in [0, 0.05) is 12.1 Å². The van der Waals surface area contributed by atoms with Crippen LogP contribution in [0.25, 0.3) is 0 Å². The Kier molecular flexibility index (Phi) is 9.05. The molecule has 3 aromatic rings. The van der Waals surface area contributed by atoms with Gasteiger partial charge < -0.3 is 0 Å². The Labute approximate surface area is 214 Å². The number of sulfonamides is 1. The van der Waals surface area contributed by atoms with Crippen molar-refractivity contribution in [2.24, 2.45) is 0 Å². The van der Waals surface area contributed by atoms with Crippen molar-refractivity contribution < 1.29 is 16.8 Å². The molecular formula is C29H29NO4S2. The molecule has 0 aliphatic heterocycles. The summed E-state index contributed by atoms with van der Waals surface area (Å²) in [4.78, 5) is 0.376. The van der Waals surface area contributed by atoms with Crippen LogP contribution >= 0.6 is 0 Å². The van der Waals surface area contributed by atoms with E-state index in [2.05, 4.69) is 18.4 Å². The molecule has 0 atom stereocenters. The van der Waals surface area contributed by atoms with Gasteiger partial charge in [-0.15, -0.1) is 0 Å². The molecule has 0 radical (unpaired) electrons. The fourth-order valence-electron chi connectivity index (χ4n) is 3.44. The van der Waals surface area contributed by atoms with E-state index in [0.717, 1.165) is 11.1 Å². The predicted molar refractivity (Wildman–Crippen MR) is 144 cm³/mol. The van der Waals surface area contributed by atoms with Crippen LogP contribution in [0.3, 0.4) is 0 Å². The number of benzene rings is 3. The molecule has 0 N–H and O–H groups in total. The lowest BCUT2D eigenvalue weighted by atomic mass is 10.2. The quantitative estimate of drug-likeness (QED) is 0.282. The van der Waals surface area contributed by atoms with Gasteiger partial charge in [-0.05, 0) is 62.7 Å². The van der Waals surface area contributed by atoms with E-state index in [0.29, 0.717) is 5.57 Å². The van der Waals surface area contributed by atoms with Crippen molar-refractivity contribution in [3.63, 3.8) is 0 Å². The lowest BCUT2D eigenvalue weighted by molar-refractivity contribution is 0.450. The van der Waals surface area contributed by atoms with Gasteiger partial charge in [-0.25, -0.2) is 16.8 Å². The average Bonchev–Trinajstić information content (AvgIpc) is 2.86. The number of rotatable bonds is 9. The molecule has 0 bridgehead atoms. The molecule has 0 spiro atoms. The third kappa shape index (κ3) is 7.05. The number of sulfone groups is 1. The van der Waals surface area contributed by atoms with Crippen molar-refractivity contribution in [1.29, 1.82) is 0 Å². The van der Waals surface area contributed by atoms with Gasteiger partial charge in [0.05, 0.1) is 21.2 Å². The molecule has 0 fully saturated rings. The first-order valence-electron chi connectivity index (χ1n) is 11.4. The number of nitrogens with zero attached hydrogens (tertiary/aromatic N) is 1. The zero-order chi connectivity index (χ0) is 26.2. The molecule has 36 heavy (non-hydrogen) atoms. The van der Waals surface area contributed by atoms with Crippen LogP contribution < -0.4 is 0 Å². The Morgan fingerprint density at radius 2 is 1.44 bits per heavy atom. The Hall–Kier alpha value is -3.44. The second kappa shape index (κ2) is 12.0. The summed E-state index contributed by atoms with van der Waals surface area (Å²) in [5.74, 6) is 5.91. The predicted octanol–water partition coefficient (Wildman–Crippen LogP) is 5.36. The van der Waals surface area contributed by atoms with Crippen LogP contribution in [-0.2, 0) is 19.9 Å². The summed E-state index contributed by atoms with van der Waals surface area (Å²) in [6.07, 6.45) is 1.47. The molecule has 0 aliphatic rings. The summed E-state index contributed by atoms with van der Waals surface area (Å²) >= 11 is 0. The molecule has 3 aromatic carbocycles. The third-order valence-electron chi connectivity index (χ3n) is 5.33. The highest BCUT2D eigenvalue weighted by atomic mass is 32.2. The molecule has 0 aromatic heterocycles. The minimum atomic E-state index is -3.92. The monoisotopic (exact) mass is 519 g/mol. The van der Waals surface area contributed by atoms with E-state index >= 15 is 0 Å². The number of aryl methyl sites for hydroxylation is 1. The molecule has 0 saturated heterocycles. The number of allylic oxidation sites excluding steroid dienone is 2. The lowest BCUT2D eigenvalue weighted by Gasteiger charge is -2.21. The first-order valence-corrected chi connectivity index (χ1v) is 14.3. The van der Waals surface area contributed by atoms with Gasteiger partial charge in [0.1, 0.15) is 0 Å². The summed E-state index contributed by atoms with van der Waals surface area (Å²) in [5.41, 5.74) is 2.26. The smallest absolute Gasteiger partial charge is 0.219 e. The van der Waals surface area contributed by atoms with Gasteiger partial charge in [0.2, 0.25) is 19.9 Å². The Morgan fingerprint density at radius 1 is 0.861 bits per heavy atom. The highest BCUT2D eigenvalue weighted by molar-refractivity contribution is 7.95. The van der Waals surface area contributed by atoms with E-state index in [1.807, 2.05) is 37.3 Å². The number of hydrogen-bond donors (Lipinski definition) is 0. The second-order valence-corrected chi connectivity index (χ2v) is 12.3. The highest BCUT2D eigenvalue weighted by Crippen LogP contribution is 2.25. The van der Waals surface area contributed by atoms with Crippen LogP contribution in [0.4, 0.5) is 0 Å². The van der Waals surface area contributed by atoms with Crippen LogP contribution in [-0.4, -0.2) is 34.2 Å². The molecule has 0 aliphatic carbocycles. The molecule has 0 amide bonds. The van der Waals surface area contributed by atoms with E-state index < -0.39 is 19.9 Å². The van der Waals surface area contributed by atoms with Gasteiger partial charge in [-0.3, -0.25) is 0 Å². The Morgan fingerprint density at radius 3 is 2.03 bits per heavy atom. The molecule has 7 heteroatoms. The molecule has 186 valence electrons. The van der Waals surface area contributed by atoms with Gasteiger partial charge in [-0.1, -0.05) is 78.1 Å². The third-order valence-corrected chi connectivity index (χ3v) is 9.10. The zero-order valence-electron chi connectivity index (χ0n) is 20.4. The van der Waals surface area contributed by atoms with E-state index in [9.17, 15) is 16.8 Å². The normalized spacial score (nSPS) is 12.1. The summed E-state index contributed by atoms with van der Waals surface area (Å²) in [5, 5.41) is 0. The van der Waals surface area contributed by atoms with E-state index in [1.54, 1.807) is 49.4 Å². The van der Waals surface area contributed by atoms with Crippen molar-refractivity contribution in [1.82, 2.24) is 4.31 Å². The molecule has 5 nitrogen and oxygen atoms in total. The van der Waals surface area contributed by atoms with Crippen molar-refractivity contribution in [3.8, 4) is 11.8 Å². The van der Waals surface area contributed by atoms with Crippen molar-refractivity contribution in [3.05, 3.63) is 119 Å². The summed E-state index contributed by atoms with van der Waals surface area (Å²) < 4.78 is 54.9. The van der Waals surface area contributed by atoms with Gasteiger partial charge in [0.15, 0.2) is 0 Å². The topological polar surface area (TPSA) is 71.5 Å². The first-order chi connectivity index (χ1) is 17.1. The van der Waals surface area contributed by atoms with Crippen molar-refractivity contribution in [2.75, 3.05) is 13.1 Å². The standard InChI is InChI=1S/C29H29NO4S2/c1-24(2)23-29(35(31,32)27-14-8-5-9-15-27)20-22-30(21-10-13-26-11-6-4-7-12-26)36(33,34)28-18-16-25(3)17-19-28/h4-9,11-12,14-19,23H,1,20-22H2,2-3H3/b29-23+. The lowest BCUT2D eigenvalue weighted by Crippen LogP contribution is -2.33. The fourth-order valence-corrected chi connectivity index (χ4v) is 6.32. The van der Waals surface area contributed by atoms with Crippen LogP contribution in [0.15, 0.2) is 118 Å². The van der Waals surface area contributed by atoms with Crippen molar-refractivity contribution in [2.45, 2.75) is 30.1 Å². The summed E-state index contributed by atoms with van der Waals surface area (Å²) in [7, 11) is -7.75. The second-order valence-electron chi connectivity index (χ2n) is 8.34. The van der Waals surface area contributed by atoms with E-state index in [1.165, 1.54) is 22.5 Å². The highest BCUT2D eigenvalue weighted by Gasteiger charge is 2.27. The van der Waals surface area contributed by atoms with Crippen LogP contribution in [0.2, 0.25) is 0 Å². The van der Waals surface area contributed by atoms with Crippen LogP contribution in [0.5, 0.6) is 0 Å². The van der Waals surface area contributed by atoms with E-state index in [-0.39, 0.29) is 34.2 Å². The molecule has 3 rings (SSSR count). The summed E-state index contributed by atoms with van der Waals surface area (Å²) in [6, 6.07) is 23.9. The fraction of sp³-hybridized carbons (Fsp3) is 0.172. The number of hydrogen-bond acceptors (Lipinski definition) is 4. The molecular weight excluding hydrogens is 490 g/mol. The van der Waals surface area contributed by atoms with Gasteiger partial charge in [-0.2, -0.15) is 4.31 Å². The van der Waals surface area contributed by atoms with Crippen molar-refractivity contribution >= 4 is 19.9 Å².